The van der Waals surface area contributed by atoms with Crippen LogP contribution in [-0.4, -0.2) is 9.59 Å². The van der Waals surface area contributed by atoms with E-state index >= 15 is 0 Å². The summed E-state index contributed by atoms with van der Waals surface area (Å²) in [5.41, 5.74) is 3.77. The van der Waals surface area contributed by atoms with Crippen LogP contribution < -0.4 is 11.3 Å². The molecule has 1 unspecified atom stereocenters. The fourth-order valence-corrected chi connectivity index (χ4v) is 3.47. The van der Waals surface area contributed by atoms with E-state index in [0.29, 0.717) is 0 Å². The molecular weight excluding hydrogens is 264 g/mol. The minimum atomic E-state index is -0.0625. The molecule has 7 heteroatoms. The summed E-state index contributed by atoms with van der Waals surface area (Å²) in [6, 6.07) is 3.77. The van der Waals surface area contributed by atoms with E-state index < -0.39 is 0 Å². The zero-order chi connectivity index (χ0) is 11.5. The summed E-state index contributed by atoms with van der Waals surface area (Å²) in [5.74, 6) is 5.59. The molecule has 86 valence electrons. The number of aryl methyl sites for hydroxylation is 1. The SMILES string of the molecule is CCc1nnsc1C(NN)c1ccc(Cl)s1. The number of thiophene rings is 1. The average molecular weight is 275 g/mol. The highest BCUT2D eigenvalue weighted by Crippen LogP contribution is 2.33. The lowest BCUT2D eigenvalue weighted by molar-refractivity contribution is 0.648. The van der Waals surface area contributed by atoms with Crippen LogP contribution in [-0.2, 0) is 6.42 Å². The first-order chi connectivity index (χ1) is 7.76. The number of nitrogens with zero attached hydrogens (tertiary/aromatic N) is 2. The summed E-state index contributed by atoms with van der Waals surface area (Å²) in [6.45, 7) is 2.05. The second-order valence-electron chi connectivity index (χ2n) is 3.18. The second-order valence-corrected chi connectivity index (χ2v) is 5.71. The van der Waals surface area contributed by atoms with Gasteiger partial charge in [0, 0.05) is 4.88 Å². The topological polar surface area (TPSA) is 63.8 Å². The van der Waals surface area contributed by atoms with Gasteiger partial charge in [0.1, 0.15) is 0 Å². The second kappa shape index (κ2) is 5.20. The molecule has 0 aromatic carbocycles. The van der Waals surface area contributed by atoms with Gasteiger partial charge in [0.25, 0.3) is 0 Å². The van der Waals surface area contributed by atoms with Crippen molar-refractivity contribution in [3.63, 3.8) is 0 Å². The predicted molar refractivity (Wildman–Crippen MR) is 67.8 cm³/mol. The predicted octanol–water partition coefficient (Wildman–Crippen LogP) is 2.37. The van der Waals surface area contributed by atoms with E-state index in [-0.39, 0.29) is 6.04 Å². The number of rotatable bonds is 4. The molecule has 0 bridgehead atoms. The highest BCUT2D eigenvalue weighted by atomic mass is 35.5. The van der Waals surface area contributed by atoms with Crippen LogP contribution in [0.5, 0.6) is 0 Å². The van der Waals surface area contributed by atoms with Gasteiger partial charge in [-0.15, -0.1) is 16.4 Å². The average Bonchev–Trinajstić information content (AvgIpc) is 2.89. The third-order valence-corrected chi connectivity index (χ3v) is 4.35. The summed E-state index contributed by atoms with van der Waals surface area (Å²) < 4.78 is 4.72. The maximum absolute atomic E-state index is 5.92. The Hall–Kier alpha value is -0.530. The monoisotopic (exact) mass is 274 g/mol. The Morgan fingerprint density at radius 3 is 2.94 bits per heavy atom. The van der Waals surface area contributed by atoms with Gasteiger partial charge >= 0.3 is 0 Å². The van der Waals surface area contributed by atoms with Gasteiger partial charge in [-0.2, -0.15) is 0 Å². The number of halogens is 1. The van der Waals surface area contributed by atoms with Crippen molar-refractivity contribution in [3.05, 3.63) is 31.9 Å². The molecule has 4 nitrogen and oxygen atoms in total. The lowest BCUT2D eigenvalue weighted by Crippen LogP contribution is -2.28. The molecule has 0 amide bonds. The molecule has 0 spiro atoms. The number of nitrogens with two attached hydrogens (primary N) is 1. The molecule has 16 heavy (non-hydrogen) atoms. The van der Waals surface area contributed by atoms with Crippen molar-refractivity contribution in [1.29, 1.82) is 0 Å². The largest absolute Gasteiger partial charge is 0.271 e. The van der Waals surface area contributed by atoms with Crippen molar-refractivity contribution in [3.8, 4) is 0 Å². The number of aromatic nitrogens is 2. The van der Waals surface area contributed by atoms with Crippen LogP contribution in [0.1, 0.15) is 28.4 Å². The van der Waals surface area contributed by atoms with E-state index in [1.807, 2.05) is 12.1 Å². The van der Waals surface area contributed by atoms with Crippen molar-refractivity contribution >= 4 is 34.5 Å². The summed E-state index contributed by atoms with van der Waals surface area (Å²) >= 11 is 8.80. The summed E-state index contributed by atoms with van der Waals surface area (Å²) in [7, 11) is 0. The maximum Gasteiger partial charge on any atom is 0.0931 e. The van der Waals surface area contributed by atoms with Crippen molar-refractivity contribution in [1.82, 2.24) is 15.0 Å². The molecular formula is C9H11ClN4S2. The normalized spacial score (nSPS) is 12.9. The summed E-state index contributed by atoms with van der Waals surface area (Å²) in [6.07, 6.45) is 0.850. The molecule has 0 fully saturated rings. The van der Waals surface area contributed by atoms with E-state index in [4.69, 9.17) is 17.4 Å². The maximum atomic E-state index is 5.92. The fourth-order valence-electron chi connectivity index (χ4n) is 1.45. The molecule has 1 atom stereocenters. The van der Waals surface area contributed by atoms with Crippen LogP contribution in [0.3, 0.4) is 0 Å². The number of hydrazine groups is 1. The van der Waals surface area contributed by atoms with Crippen LogP contribution >= 0.6 is 34.5 Å². The minimum Gasteiger partial charge on any atom is -0.271 e. The van der Waals surface area contributed by atoms with E-state index in [9.17, 15) is 0 Å². The molecule has 0 aliphatic carbocycles. The number of hydrogen-bond acceptors (Lipinski definition) is 6. The Balaban J connectivity index is 2.36. The van der Waals surface area contributed by atoms with Crippen molar-refractivity contribution < 1.29 is 0 Å². The Labute approximate surface area is 107 Å². The van der Waals surface area contributed by atoms with Gasteiger partial charge in [-0.1, -0.05) is 23.0 Å². The van der Waals surface area contributed by atoms with Crippen LogP contribution in [0.25, 0.3) is 0 Å². The lowest BCUT2D eigenvalue weighted by atomic mass is 10.1. The fraction of sp³-hybridized carbons (Fsp3) is 0.333. The first-order valence-corrected chi connectivity index (χ1v) is 6.75. The highest BCUT2D eigenvalue weighted by molar-refractivity contribution is 7.16. The van der Waals surface area contributed by atoms with E-state index in [2.05, 4.69) is 21.9 Å². The van der Waals surface area contributed by atoms with E-state index in [0.717, 1.165) is 26.2 Å². The summed E-state index contributed by atoms with van der Waals surface area (Å²) in [5, 5.41) is 4.08. The zero-order valence-corrected chi connectivity index (χ0v) is 11.0. The summed E-state index contributed by atoms with van der Waals surface area (Å²) in [4.78, 5) is 2.14. The molecule has 0 aliphatic rings. The van der Waals surface area contributed by atoms with E-state index in [1.165, 1.54) is 22.9 Å². The number of hydrogen-bond donors (Lipinski definition) is 2. The zero-order valence-electron chi connectivity index (χ0n) is 8.61. The molecule has 0 saturated heterocycles. The molecule has 0 saturated carbocycles. The van der Waals surface area contributed by atoms with Crippen LogP contribution in [0, 0.1) is 0 Å². The van der Waals surface area contributed by atoms with Crippen molar-refractivity contribution in [2.75, 3.05) is 0 Å². The van der Waals surface area contributed by atoms with Crippen molar-refractivity contribution in [2.45, 2.75) is 19.4 Å². The smallest absolute Gasteiger partial charge is 0.0931 e. The van der Waals surface area contributed by atoms with Gasteiger partial charge in [-0.05, 0) is 30.1 Å². The standard InChI is InChI=1S/C9H11ClN4S2/c1-2-5-9(16-14-13-5)8(12-11)6-3-4-7(10)15-6/h3-4,8,12H,2,11H2,1H3. The Bertz CT molecular complexity index is 468. The van der Waals surface area contributed by atoms with Gasteiger partial charge in [0.2, 0.25) is 0 Å². The molecule has 2 aromatic rings. The van der Waals surface area contributed by atoms with Gasteiger partial charge in [-0.3, -0.25) is 5.84 Å². The molecule has 0 aliphatic heterocycles. The Morgan fingerprint density at radius 2 is 2.38 bits per heavy atom. The Morgan fingerprint density at radius 1 is 1.56 bits per heavy atom. The molecule has 2 rings (SSSR count). The first kappa shape index (κ1) is 11.9. The quantitative estimate of drug-likeness (QED) is 0.664. The number of nitrogens with one attached hydrogen (secondary N) is 1. The van der Waals surface area contributed by atoms with Gasteiger partial charge in [-0.25, -0.2) is 5.43 Å². The van der Waals surface area contributed by atoms with Crippen LogP contribution in [0.4, 0.5) is 0 Å². The van der Waals surface area contributed by atoms with Crippen LogP contribution in [0.2, 0.25) is 4.34 Å². The van der Waals surface area contributed by atoms with Crippen LogP contribution in [0.15, 0.2) is 12.1 Å². The third kappa shape index (κ3) is 2.26. The first-order valence-electron chi connectivity index (χ1n) is 4.78. The van der Waals surface area contributed by atoms with Gasteiger partial charge < -0.3 is 0 Å². The minimum absolute atomic E-state index is 0.0625. The lowest BCUT2D eigenvalue weighted by Gasteiger charge is -2.12. The molecule has 2 aromatic heterocycles. The third-order valence-electron chi connectivity index (χ3n) is 2.23. The molecule has 3 N–H and O–H groups in total. The molecule has 2 heterocycles. The van der Waals surface area contributed by atoms with Gasteiger partial charge in [0.05, 0.1) is 20.9 Å². The molecule has 0 radical (unpaired) electrons. The van der Waals surface area contributed by atoms with Gasteiger partial charge in [0.15, 0.2) is 0 Å². The van der Waals surface area contributed by atoms with E-state index in [1.54, 1.807) is 0 Å². The Kier molecular flexibility index (Phi) is 3.88. The van der Waals surface area contributed by atoms with Crippen molar-refractivity contribution in [2.24, 2.45) is 5.84 Å². The highest BCUT2D eigenvalue weighted by Gasteiger charge is 2.20.